The molecule has 23 heavy (non-hydrogen) atoms. The van der Waals surface area contributed by atoms with Gasteiger partial charge in [-0.05, 0) is 29.8 Å². The monoisotopic (exact) mass is 324 g/mol. The molecule has 4 heteroatoms. The number of aromatic nitrogens is 1. The molecule has 0 saturated carbocycles. The third kappa shape index (κ3) is 2.83. The highest BCUT2D eigenvalue weighted by Crippen LogP contribution is 2.30. The molecule has 114 valence electrons. The number of nitrogens with two attached hydrogens (primary N) is 1. The molecule has 0 aliphatic carbocycles. The van der Waals surface area contributed by atoms with Crippen LogP contribution < -0.4 is 5.73 Å². The van der Waals surface area contributed by atoms with Crippen molar-refractivity contribution in [2.45, 2.75) is 0 Å². The van der Waals surface area contributed by atoms with Crippen LogP contribution in [0.2, 0.25) is 5.02 Å². The molecule has 0 saturated heterocycles. The molecule has 0 radical (unpaired) electrons. The average molecular weight is 325 g/mol. The molecule has 0 atom stereocenters. The predicted octanol–water partition coefficient (Wildman–Crippen LogP) is 5.27. The van der Waals surface area contributed by atoms with E-state index in [0.29, 0.717) is 16.3 Å². The van der Waals surface area contributed by atoms with Gasteiger partial charge in [-0.1, -0.05) is 49.0 Å². The fourth-order valence-corrected chi connectivity index (χ4v) is 2.68. The van der Waals surface area contributed by atoms with Gasteiger partial charge in [-0.2, -0.15) is 0 Å². The summed E-state index contributed by atoms with van der Waals surface area (Å²) in [6.07, 6.45) is 1.74. The van der Waals surface area contributed by atoms with Gasteiger partial charge in [0.1, 0.15) is 5.82 Å². The first-order chi connectivity index (χ1) is 11.0. The highest BCUT2D eigenvalue weighted by Gasteiger charge is 2.10. The Morgan fingerprint density at radius 2 is 1.96 bits per heavy atom. The quantitative estimate of drug-likeness (QED) is 0.713. The first-order valence-electron chi connectivity index (χ1n) is 6.97. The van der Waals surface area contributed by atoms with Crippen molar-refractivity contribution in [3.05, 3.63) is 77.6 Å². The lowest BCUT2D eigenvalue weighted by molar-refractivity contribution is 0.624. The summed E-state index contributed by atoms with van der Waals surface area (Å²) < 4.78 is 14.1. The Morgan fingerprint density at radius 3 is 2.61 bits per heavy atom. The number of pyridine rings is 1. The summed E-state index contributed by atoms with van der Waals surface area (Å²) >= 11 is 6.34. The number of halogens is 2. The van der Waals surface area contributed by atoms with Crippen molar-refractivity contribution in [3.8, 4) is 11.3 Å². The van der Waals surface area contributed by atoms with Crippen LogP contribution in [0.1, 0.15) is 11.1 Å². The van der Waals surface area contributed by atoms with Crippen LogP contribution in [0.25, 0.3) is 33.9 Å². The van der Waals surface area contributed by atoms with Gasteiger partial charge in [-0.3, -0.25) is 0 Å². The highest BCUT2D eigenvalue weighted by molar-refractivity contribution is 6.35. The number of nitrogens with zero attached hydrogens (tertiary/aromatic N) is 1. The van der Waals surface area contributed by atoms with E-state index in [1.54, 1.807) is 24.3 Å². The Kier molecular flexibility index (Phi) is 3.89. The Hall–Kier alpha value is -2.65. The van der Waals surface area contributed by atoms with Gasteiger partial charge in [0.05, 0.1) is 16.2 Å². The standard InChI is InChI=1S/C19H14ClFN2/c1-3-12-4-6-15-16(20)10-18(23-19(15)8-12)13-5-7-14(11(2)22)17(21)9-13/h3-10H,1-2,22H2. The predicted molar refractivity (Wildman–Crippen MR) is 95.5 cm³/mol. The van der Waals surface area contributed by atoms with Gasteiger partial charge in [0, 0.05) is 22.2 Å². The van der Waals surface area contributed by atoms with Crippen LogP contribution in [0.15, 0.2) is 55.6 Å². The lowest BCUT2D eigenvalue weighted by atomic mass is 10.0. The Morgan fingerprint density at radius 1 is 1.17 bits per heavy atom. The van der Waals surface area contributed by atoms with Gasteiger partial charge in [-0.15, -0.1) is 0 Å². The fourth-order valence-electron chi connectivity index (χ4n) is 2.41. The van der Waals surface area contributed by atoms with Gasteiger partial charge in [-0.25, -0.2) is 9.37 Å². The maximum atomic E-state index is 14.1. The third-order valence-electron chi connectivity index (χ3n) is 3.63. The van der Waals surface area contributed by atoms with Crippen LogP contribution in [-0.4, -0.2) is 4.98 Å². The van der Waals surface area contributed by atoms with E-state index in [-0.39, 0.29) is 11.3 Å². The minimum atomic E-state index is -0.437. The fraction of sp³-hybridized carbons (Fsp3) is 0. The second kappa shape index (κ2) is 5.86. The van der Waals surface area contributed by atoms with E-state index >= 15 is 0 Å². The summed E-state index contributed by atoms with van der Waals surface area (Å²) in [6, 6.07) is 12.2. The minimum absolute atomic E-state index is 0.189. The molecule has 0 unspecified atom stereocenters. The maximum Gasteiger partial charge on any atom is 0.133 e. The van der Waals surface area contributed by atoms with Crippen LogP contribution >= 0.6 is 11.6 Å². The smallest absolute Gasteiger partial charge is 0.133 e. The van der Waals surface area contributed by atoms with Gasteiger partial charge in [0.2, 0.25) is 0 Å². The molecule has 0 amide bonds. The van der Waals surface area contributed by atoms with E-state index in [0.717, 1.165) is 16.5 Å². The van der Waals surface area contributed by atoms with E-state index in [4.69, 9.17) is 17.3 Å². The van der Waals surface area contributed by atoms with E-state index in [1.165, 1.54) is 6.07 Å². The summed E-state index contributed by atoms with van der Waals surface area (Å²) in [5, 5.41) is 1.40. The van der Waals surface area contributed by atoms with E-state index < -0.39 is 5.82 Å². The molecular formula is C19H14ClFN2. The van der Waals surface area contributed by atoms with Crippen LogP contribution in [0.3, 0.4) is 0 Å². The third-order valence-corrected chi connectivity index (χ3v) is 3.94. The number of hydrogen-bond donors (Lipinski definition) is 1. The summed E-state index contributed by atoms with van der Waals surface area (Å²) in [5.41, 5.74) is 8.93. The molecule has 0 spiro atoms. The first-order valence-corrected chi connectivity index (χ1v) is 7.35. The number of rotatable bonds is 3. The molecule has 0 bridgehead atoms. The van der Waals surface area contributed by atoms with Crippen LogP contribution in [0, 0.1) is 5.82 Å². The molecule has 0 fully saturated rings. The van der Waals surface area contributed by atoms with Crippen molar-refractivity contribution in [1.29, 1.82) is 0 Å². The largest absolute Gasteiger partial charge is 0.399 e. The number of hydrogen-bond acceptors (Lipinski definition) is 2. The minimum Gasteiger partial charge on any atom is -0.399 e. The molecule has 2 nitrogen and oxygen atoms in total. The molecule has 1 aromatic heterocycles. The lowest BCUT2D eigenvalue weighted by Crippen LogP contribution is -1.98. The normalized spacial score (nSPS) is 10.7. The lowest BCUT2D eigenvalue weighted by Gasteiger charge is -2.08. The first kappa shape index (κ1) is 15.3. The SMILES string of the molecule is C=Cc1ccc2c(Cl)cc(-c3ccc(C(=C)N)c(F)c3)nc2c1. The number of benzene rings is 2. The van der Waals surface area contributed by atoms with E-state index in [9.17, 15) is 4.39 Å². The van der Waals surface area contributed by atoms with Crippen molar-refractivity contribution in [1.82, 2.24) is 4.98 Å². The Bertz CT molecular complexity index is 947. The Labute approximate surface area is 138 Å². The van der Waals surface area contributed by atoms with Crippen molar-refractivity contribution in [2.24, 2.45) is 5.73 Å². The summed E-state index contributed by atoms with van der Waals surface area (Å²) in [7, 11) is 0. The number of fused-ring (bicyclic) bond motifs is 1. The molecule has 2 aromatic carbocycles. The van der Waals surface area contributed by atoms with Gasteiger partial charge < -0.3 is 5.73 Å². The Balaban J connectivity index is 2.18. The van der Waals surface area contributed by atoms with Crippen molar-refractivity contribution in [3.63, 3.8) is 0 Å². The van der Waals surface area contributed by atoms with E-state index in [1.807, 2.05) is 18.2 Å². The van der Waals surface area contributed by atoms with Crippen molar-refractivity contribution in [2.75, 3.05) is 0 Å². The molecule has 0 aliphatic heterocycles. The molecule has 1 heterocycles. The van der Waals surface area contributed by atoms with Crippen LogP contribution in [-0.2, 0) is 0 Å². The highest BCUT2D eigenvalue weighted by atomic mass is 35.5. The van der Waals surface area contributed by atoms with Gasteiger partial charge in [0.25, 0.3) is 0 Å². The average Bonchev–Trinajstić information content (AvgIpc) is 2.53. The zero-order chi connectivity index (χ0) is 16.6. The molecular weight excluding hydrogens is 311 g/mol. The van der Waals surface area contributed by atoms with Gasteiger partial charge in [0.15, 0.2) is 0 Å². The van der Waals surface area contributed by atoms with Crippen molar-refractivity contribution < 1.29 is 4.39 Å². The molecule has 3 aromatic rings. The molecule has 2 N–H and O–H groups in total. The zero-order valence-corrected chi connectivity index (χ0v) is 13.1. The molecule has 0 aliphatic rings. The van der Waals surface area contributed by atoms with Gasteiger partial charge >= 0.3 is 0 Å². The topological polar surface area (TPSA) is 38.9 Å². The van der Waals surface area contributed by atoms with Crippen LogP contribution in [0.5, 0.6) is 0 Å². The summed E-state index contributed by atoms with van der Waals surface area (Å²) in [5.74, 6) is -0.437. The maximum absolute atomic E-state index is 14.1. The summed E-state index contributed by atoms with van der Waals surface area (Å²) in [4.78, 5) is 4.58. The molecule has 3 rings (SSSR count). The van der Waals surface area contributed by atoms with E-state index in [2.05, 4.69) is 18.1 Å². The zero-order valence-electron chi connectivity index (χ0n) is 12.3. The van der Waals surface area contributed by atoms with Crippen molar-refractivity contribution >= 4 is 34.3 Å². The summed E-state index contributed by atoms with van der Waals surface area (Å²) in [6.45, 7) is 7.30. The second-order valence-corrected chi connectivity index (χ2v) is 5.60. The van der Waals surface area contributed by atoms with Crippen LogP contribution in [0.4, 0.5) is 4.39 Å². The second-order valence-electron chi connectivity index (χ2n) is 5.19.